The maximum Gasteiger partial charge on any atom is 0.363 e. The van der Waals surface area contributed by atoms with Gasteiger partial charge in [0.15, 0.2) is 5.69 Å². The lowest BCUT2D eigenvalue weighted by molar-refractivity contribution is 0.411. The topological polar surface area (TPSA) is 88.4 Å². The van der Waals surface area contributed by atoms with Crippen molar-refractivity contribution in [1.82, 2.24) is 0 Å². The van der Waals surface area contributed by atoms with Crippen LogP contribution in [0.3, 0.4) is 0 Å². The fraction of sp³-hybridized carbons (Fsp3) is 0.318. The third-order valence-corrected chi connectivity index (χ3v) is 5.74. The molecule has 0 aliphatic heterocycles. The monoisotopic (exact) mass is 414 g/mol. The molecule has 0 saturated heterocycles. The van der Waals surface area contributed by atoms with E-state index in [1.807, 2.05) is 6.92 Å². The molecule has 1 heterocycles. The standard InChI is InChI=1S/C22H26N2O4S/c1-5-23-19-17-8-6-7-9-18(17)28-21(25)20(19)24-29(26,27)16-12-10-15(11-13-16)14-22(2,3)4/h6-13,23-24H,5,14H2,1-4H3. The molecule has 3 rings (SSSR count). The highest BCUT2D eigenvalue weighted by atomic mass is 32.2. The van der Waals surface area contributed by atoms with Crippen LogP contribution < -0.4 is 15.7 Å². The van der Waals surface area contributed by atoms with Crippen LogP contribution in [-0.2, 0) is 16.4 Å². The van der Waals surface area contributed by atoms with Gasteiger partial charge in [0.1, 0.15) is 5.58 Å². The van der Waals surface area contributed by atoms with E-state index in [0.717, 1.165) is 12.0 Å². The molecule has 0 amide bonds. The largest absolute Gasteiger partial charge is 0.421 e. The zero-order valence-electron chi connectivity index (χ0n) is 17.1. The summed E-state index contributed by atoms with van der Waals surface area (Å²) in [6, 6.07) is 13.7. The van der Waals surface area contributed by atoms with Crippen LogP contribution in [0.2, 0.25) is 0 Å². The number of para-hydroxylation sites is 1. The molecule has 0 aliphatic carbocycles. The Bertz CT molecular complexity index is 1170. The van der Waals surface area contributed by atoms with Crippen molar-refractivity contribution in [2.45, 2.75) is 39.0 Å². The highest BCUT2D eigenvalue weighted by Crippen LogP contribution is 2.30. The third-order valence-electron chi connectivity index (χ3n) is 4.37. The molecular formula is C22H26N2O4S. The maximum atomic E-state index is 12.9. The molecule has 0 bridgehead atoms. The second kappa shape index (κ2) is 7.91. The van der Waals surface area contributed by atoms with Crippen molar-refractivity contribution in [2.75, 3.05) is 16.6 Å². The van der Waals surface area contributed by atoms with Gasteiger partial charge in [-0.2, -0.15) is 0 Å². The molecule has 3 aromatic rings. The number of hydrogen-bond acceptors (Lipinski definition) is 5. The van der Waals surface area contributed by atoms with E-state index in [2.05, 4.69) is 30.8 Å². The summed E-state index contributed by atoms with van der Waals surface area (Å²) in [4.78, 5) is 12.6. The van der Waals surface area contributed by atoms with E-state index in [1.54, 1.807) is 48.5 Å². The normalized spacial score (nSPS) is 12.1. The lowest BCUT2D eigenvalue weighted by Gasteiger charge is -2.18. The Hall–Kier alpha value is -2.80. The van der Waals surface area contributed by atoms with Gasteiger partial charge in [-0.15, -0.1) is 0 Å². The van der Waals surface area contributed by atoms with Gasteiger partial charge in [-0.1, -0.05) is 45.0 Å². The van der Waals surface area contributed by atoms with Crippen molar-refractivity contribution >= 4 is 32.4 Å². The predicted molar refractivity (Wildman–Crippen MR) is 117 cm³/mol. The van der Waals surface area contributed by atoms with E-state index >= 15 is 0 Å². The van der Waals surface area contributed by atoms with Crippen molar-refractivity contribution in [3.8, 4) is 0 Å². The Morgan fingerprint density at radius 2 is 1.62 bits per heavy atom. The molecule has 0 atom stereocenters. The Morgan fingerprint density at radius 3 is 2.24 bits per heavy atom. The summed E-state index contributed by atoms with van der Waals surface area (Å²) in [6.07, 6.45) is 0.833. The van der Waals surface area contributed by atoms with Gasteiger partial charge in [0.25, 0.3) is 10.0 Å². The predicted octanol–water partition coefficient (Wildman–Crippen LogP) is 4.61. The van der Waals surface area contributed by atoms with E-state index in [1.165, 1.54) is 0 Å². The molecule has 0 fully saturated rings. The molecule has 0 aliphatic rings. The van der Waals surface area contributed by atoms with Crippen LogP contribution in [0.4, 0.5) is 11.4 Å². The van der Waals surface area contributed by atoms with E-state index in [9.17, 15) is 13.2 Å². The van der Waals surface area contributed by atoms with Crippen molar-refractivity contribution in [3.05, 3.63) is 64.5 Å². The van der Waals surface area contributed by atoms with E-state index in [0.29, 0.717) is 23.2 Å². The maximum absolute atomic E-state index is 12.9. The minimum atomic E-state index is -3.96. The van der Waals surface area contributed by atoms with Crippen molar-refractivity contribution in [1.29, 1.82) is 0 Å². The molecule has 1 aromatic heterocycles. The quantitative estimate of drug-likeness (QED) is 0.575. The van der Waals surface area contributed by atoms with Crippen molar-refractivity contribution < 1.29 is 12.8 Å². The first-order valence-corrected chi connectivity index (χ1v) is 11.0. The van der Waals surface area contributed by atoms with Crippen molar-refractivity contribution in [3.63, 3.8) is 0 Å². The average Bonchev–Trinajstić information content (AvgIpc) is 2.63. The number of fused-ring (bicyclic) bond motifs is 1. The summed E-state index contributed by atoms with van der Waals surface area (Å²) in [5.41, 5.74) is 1.09. The SMILES string of the molecule is CCNc1c(NS(=O)(=O)c2ccc(CC(C)(C)C)cc2)c(=O)oc2ccccc12. The molecule has 0 unspecified atom stereocenters. The molecule has 154 valence electrons. The molecular weight excluding hydrogens is 388 g/mol. The summed E-state index contributed by atoms with van der Waals surface area (Å²) in [5.74, 6) is 0. The van der Waals surface area contributed by atoms with Gasteiger partial charge in [0, 0.05) is 11.9 Å². The molecule has 2 aromatic carbocycles. The second-order valence-corrected chi connectivity index (χ2v) is 9.84. The fourth-order valence-corrected chi connectivity index (χ4v) is 4.26. The Labute approximate surface area is 171 Å². The van der Waals surface area contributed by atoms with Crippen LogP contribution >= 0.6 is 0 Å². The number of benzene rings is 2. The lowest BCUT2D eigenvalue weighted by atomic mass is 9.88. The van der Waals surface area contributed by atoms with Gasteiger partial charge in [-0.05, 0) is 48.6 Å². The summed E-state index contributed by atoms with van der Waals surface area (Å²) < 4.78 is 33.6. The summed E-state index contributed by atoms with van der Waals surface area (Å²) in [7, 11) is -3.96. The van der Waals surface area contributed by atoms with Gasteiger partial charge in [0.05, 0.1) is 10.6 Å². The lowest BCUT2D eigenvalue weighted by Crippen LogP contribution is -2.20. The molecule has 6 nitrogen and oxygen atoms in total. The Balaban J connectivity index is 2.00. The zero-order valence-corrected chi connectivity index (χ0v) is 17.9. The Morgan fingerprint density at radius 1 is 0.966 bits per heavy atom. The molecule has 7 heteroatoms. The highest BCUT2D eigenvalue weighted by Gasteiger charge is 2.22. The smallest absolute Gasteiger partial charge is 0.363 e. The first-order valence-electron chi connectivity index (χ1n) is 9.52. The zero-order chi connectivity index (χ0) is 21.2. The van der Waals surface area contributed by atoms with E-state index in [-0.39, 0.29) is 16.0 Å². The number of sulfonamides is 1. The van der Waals surface area contributed by atoms with Gasteiger partial charge in [-0.3, -0.25) is 4.72 Å². The minimum Gasteiger partial charge on any atom is -0.421 e. The van der Waals surface area contributed by atoms with Crippen LogP contribution in [0.1, 0.15) is 33.3 Å². The number of hydrogen-bond donors (Lipinski definition) is 2. The molecule has 0 spiro atoms. The summed E-state index contributed by atoms with van der Waals surface area (Å²) in [6.45, 7) is 8.76. The number of nitrogens with one attached hydrogen (secondary N) is 2. The fourth-order valence-electron chi connectivity index (χ4n) is 3.20. The van der Waals surface area contributed by atoms with E-state index < -0.39 is 15.6 Å². The molecule has 2 N–H and O–H groups in total. The first kappa shape index (κ1) is 20.9. The summed E-state index contributed by atoms with van der Waals surface area (Å²) >= 11 is 0. The van der Waals surface area contributed by atoms with Crippen LogP contribution in [0, 0.1) is 5.41 Å². The van der Waals surface area contributed by atoms with E-state index in [4.69, 9.17) is 4.42 Å². The number of rotatable bonds is 6. The van der Waals surface area contributed by atoms with Crippen LogP contribution in [0.5, 0.6) is 0 Å². The van der Waals surface area contributed by atoms with Gasteiger partial charge < -0.3 is 9.73 Å². The van der Waals surface area contributed by atoms with Crippen LogP contribution in [0.15, 0.2) is 62.6 Å². The molecule has 0 radical (unpaired) electrons. The number of anilines is 2. The minimum absolute atomic E-state index is 0.0881. The Kier molecular flexibility index (Phi) is 5.71. The van der Waals surface area contributed by atoms with Gasteiger partial charge >= 0.3 is 5.63 Å². The highest BCUT2D eigenvalue weighted by molar-refractivity contribution is 7.92. The average molecular weight is 415 g/mol. The summed E-state index contributed by atoms with van der Waals surface area (Å²) in [5, 5.41) is 3.71. The molecule has 0 saturated carbocycles. The second-order valence-electron chi connectivity index (χ2n) is 8.15. The first-order chi connectivity index (χ1) is 13.6. The van der Waals surface area contributed by atoms with Gasteiger partial charge in [-0.25, -0.2) is 13.2 Å². The van der Waals surface area contributed by atoms with Crippen molar-refractivity contribution in [2.24, 2.45) is 5.41 Å². The molecule has 29 heavy (non-hydrogen) atoms. The third kappa shape index (κ3) is 4.79. The van der Waals surface area contributed by atoms with Crippen LogP contribution in [0.25, 0.3) is 11.0 Å². The van der Waals surface area contributed by atoms with Crippen LogP contribution in [-0.4, -0.2) is 15.0 Å². The van der Waals surface area contributed by atoms with Gasteiger partial charge in [0.2, 0.25) is 0 Å².